The highest BCUT2D eigenvalue weighted by atomic mass is 15.1. The zero-order chi connectivity index (χ0) is 10.6. The fourth-order valence-corrected chi connectivity index (χ4v) is 2.40. The molecule has 0 unspecified atom stereocenters. The second-order valence-corrected chi connectivity index (χ2v) is 4.70. The van der Waals surface area contributed by atoms with Crippen LogP contribution in [0.2, 0.25) is 0 Å². The van der Waals surface area contributed by atoms with Crippen LogP contribution in [-0.2, 0) is 0 Å². The van der Waals surface area contributed by atoms with Gasteiger partial charge < -0.3 is 15.5 Å². The quantitative estimate of drug-likeness (QED) is 0.725. The van der Waals surface area contributed by atoms with Crippen LogP contribution in [0, 0.1) is 0 Å². The van der Waals surface area contributed by atoms with Gasteiger partial charge in [-0.05, 0) is 46.8 Å². The van der Waals surface area contributed by atoms with Gasteiger partial charge in [-0.1, -0.05) is 0 Å². The van der Waals surface area contributed by atoms with Crippen molar-refractivity contribution >= 4 is 0 Å². The summed E-state index contributed by atoms with van der Waals surface area (Å²) in [4.78, 5) is 4.78. The van der Waals surface area contributed by atoms with Gasteiger partial charge in [-0.25, -0.2) is 0 Å². The van der Waals surface area contributed by atoms with E-state index in [0.717, 1.165) is 25.2 Å². The summed E-state index contributed by atoms with van der Waals surface area (Å²) < 4.78 is 0. The van der Waals surface area contributed by atoms with E-state index in [1.807, 2.05) is 0 Å². The Hall–Kier alpha value is -0.120. The van der Waals surface area contributed by atoms with Crippen molar-refractivity contribution in [3.63, 3.8) is 0 Å². The third-order valence-corrected chi connectivity index (χ3v) is 3.50. The molecule has 1 rings (SSSR count). The van der Waals surface area contributed by atoms with Crippen molar-refractivity contribution in [2.45, 2.75) is 37.8 Å². The van der Waals surface area contributed by atoms with Gasteiger partial charge >= 0.3 is 0 Å². The van der Waals surface area contributed by atoms with E-state index < -0.39 is 0 Å². The van der Waals surface area contributed by atoms with Crippen molar-refractivity contribution in [1.82, 2.24) is 9.80 Å². The molecule has 0 radical (unpaired) electrons. The summed E-state index contributed by atoms with van der Waals surface area (Å²) in [6, 6.07) is 1.58. The van der Waals surface area contributed by atoms with Gasteiger partial charge in [0.1, 0.15) is 0 Å². The van der Waals surface area contributed by atoms with Crippen molar-refractivity contribution in [3.05, 3.63) is 0 Å². The summed E-state index contributed by atoms with van der Waals surface area (Å²) in [6.07, 6.45) is 5.35. The van der Waals surface area contributed by atoms with Gasteiger partial charge in [0.25, 0.3) is 0 Å². The summed E-state index contributed by atoms with van der Waals surface area (Å²) in [5.74, 6) is 0. The lowest BCUT2D eigenvalue weighted by atomic mass is 9.90. The van der Waals surface area contributed by atoms with Crippen molar-refractivity contribution in [2.24, 2.45) is 5.73 Å². The molecule has 0 bridgehead atoms. The molecule has 84 valence electrons. The Balaban J connectivity index is 2.28. The highest BCUT2D eigenvalue weighted by molar-refractivity contribution is 4.81. The van der Waals surface area contributed by atoms with E-state index in [9.17, 15) is 0 Å². The molecule has 0 aliphatic heterocycles. The monoisotopic (exact) mass is 199 g/mol. The van der Waals surface area contributed by atoms with Gasteiger partial charge in [-0.2, -0.15) is 0 Å². The fourth-order valence-electron chi connectivity index (χ4n) is 2.40. The van der Waals surface area contributed by atoms with E-state index in [0.29, 0.717) is 0 Å². The molecule has 0 aromatic heterocycles. The van der Waals surface area contributed by atoms with Crippen LogP contribution in [0.5, 0.6) is 0 Å². The number of hydrogen-bond acceptors (Lipinski definition) is 3. The largest absolute Gasteiger partial charge is 0.329 e. The molecule has 0 aromatic rings. The van der Waals surface area contributed by atoms with Crippen molar-refractivity contribution < 1.29 is 0 Å². The first kappa shape index (κ1) is 12.0. The number of nitrogens with two attached hydrogens (primary N) is 1. The maximum Gasteiger partial charge on any atom is 0.0104 e. The Morgan fingerprint density at radius 3 is 1.93 bits per heavy atom. The molecule has 14 heavy (non-hydrogen) atoms. The van der Waals surface area contributed by atoms with Crippen molar-refractivity contribution in [1.29, 1.82) is 0 Å². The third-order valence-electron chi connectivity index (χ3n) is 3.50. The Labute approximate surface area is 88.2 Å². The first-order valence-corrected chi connectivity index (χ1v) is 5.72. The van der Waals surface area contributed by atoms with Crippen LogP contribution >= 0.6 is 0 Å². The lowest BCUT2D eigenvalue weighted by molar-refractivity contribution is 0.140. The van der Waals surface area contributed by atoms with E-state index in [-0.39, 0.29) is 0 Å². The smallest absolute Gasteiger partial charge is 0.0104 e. The van der Waals surface area contributed by atoms with Crippen LogP contribution in [0.4, 0.5) is 0 Å². The maximum absolute atomic E-state index is 5.56. The third kappa shape index (κ3) is 3.23. The minimum Gasteiger partial charge on any atom is -0.329 e. The molecule has 3 nitrogen and oxygen atoms in total. The normalized spacial score (nSPS) is 28.7. The number of likely N-dealkylation sites (N-methyl/N-ethyl adjacent to an activating group) is 1. The molecule has 1 fully saturated rings. The van der Waals surface area contributed by atoms with E-state index in [2.05, 4.69) is 30.9 Å². The zero-order valence-electron chi connectivity index (χ0n) is 9.87. The highest BCUT2D eigenvalue weighted by Gasteiger charge is 2.24. The molecule has 1 aliphatic rings. The van der Waals surface area contributed by atoms with E-state index in [1.165, 1.54) is 25.7 Å². The SMILES string of the molecule is CN(C)C1CCC(N(C)CCN)CC1. The van der Waals surface area contributed by atoms with Crippen molar-refractivity contribution in [2.75, 3.05) is 34.2 Å². The van der Waals surface area contributed by atoms with Gasteiger partial charge in [-0.3, -0.25) is 0 Å². The Kier molecular flexibility index (Phi) is 4.85. The first-order valence-electron chi connectivity index (χ1n) is 5.72. The topological polar surface area (TPSA) is 32.5 Å². The molecule has 0 spiro atoms. The van der Waals surface area contributed by atoms with Gasteiger partial charge in [-0.15, -0.1) is 0 Å². The van der Waals surface area contributed by atoms with E-state index >= 15 is 0 Å². The standard InChI is InChI=1S/C11H25N3/c1-13(2)10-4-6-11(7-5-10)14(3)9-8-12/h10-11H,4-9,12H2,1-3H3. The summed E-state index contributed by atoms with van der Waals surface area (Å²) in [7, 11) is 6.58. The van der Waals surface area contributed by atoms with Crippen LogP contribution in [0.25, 0.3) is 0 Å². The maximum atomic E-state index is 5.56. The average molecular weight is 199 g/mol. The fraction of sp³-hybridized carbons (Fsp3) is 1.00. The van der Waals surface area contributed by atoms with Crippen LogP contribution in [-0.4, -0.2) is 56.1 Å². The van der Waals surface area contributed by atoms with E-state index in [1.54, 1.807) is 0 Å². The lowest BCUT2D eigenvalue weighted by Gasteiger charge is -2.36. The van der Waals surface area contributed by atoms with Gasteiger partial charge in [0, 0.05) is 25.2 Å². The highest BCUT2D eigenvalue weighted by Crippen LogP contribution is 2.24. The summed E-state index contributed by atoms with van der Waals surface area (Å²) >= 11 is 0. The molecule has 1 aliphatic carbocycles. The molecule has 2 N–H and O–H groups in total. The molecule has 1 saturated carbocycles. The summed E-state index contributed by atoms with van der Waals surface area (Å²) in [5.41, 5.74) is 5.56. The Bertz CT molecular complexity index is 151. The van der Waals surface area contributed by atoms with Gasteiger partial charge in [0.05, 0.1) is 0 Å². The number of hydrogen-bond donors (Lipinski definition) is 1. The lowest BCUT2D eigenvalue weighted by Crippen LogP contribution is -2.41. The zero-order valence-corrected chi connectivity index (χ0v) is 9.87. The van der Waals surface area contributed by atoms with Gasteiger partial charge in [0.15, 0.2) is 0 Å². The summed E-state index contributed by atoms with van der Waals surface area (Å²) in [5, 5.41) is 0. The van der Waals surface area contributed by atoms with Crippen LogP contribution < -0.4 is 5.73 Å². The second-order valence-electron chi connectivity index (χ2n) is 4.70. The minimum absolute atomic E-state index is 0.773. The second kappa shape index (κ2) is 5.69. The van der Waals surface area contributed by atoms with Crippen LogP contribution in [0.15, 0.2) is 0 Å². The predicted octanol–water partition coefficient (Wildman–Crippen LogP) is 0.750. The molecule has 0 amide bonds. The van der Waals surface area contributed by atoms with E-state index in [4.69, 9.17) is 5.73 Å². The average Bonchev–Trinajstić information content (AvgIpc) is 2.18. The molecule has 0 heterocycles. The molecule has 0 atom stereocenters. The Morgan fingerprint density at radius 1 is 1.00 bits per heavy atom. The molecular weight excluding hydrogens is 174 g/mol. The van der Waals surface area contributed by atoms with Gasteiger partial charge in [0.2, 0.25) is 0 Å². The molecule has 0 saturated heterocycles. The molecular formula is C11H25N3. The van der Waals surface area contributed by atoms with Crippen molar-refractivity contribution in [3.8, 4) is 0 Å². The number of rotatable bonds is 4. The molecule has 3 heteroatoms. The minimum atomic E-state index is 0.773. The van der Waals surface area contributed by atoms with Crippen LogP contribution in [0.3, 0.4) is 0 Å². The van der Waals surface area contributed by atoms with Crippen LogP contribution in [0.1, 0.15) is 25.7 Å². The first-order chi connectivity index (χ1) is 6.65. The number of nitrogens with zero attached hydrogens (tertiary/aromatic N) is 2. The predicted molar refractivity (Wildman–Crippen MR) is 61.4 cm³/mol. The Morgan fingerprint density at radius 2 is 1.50 bits per heavy atom. The summed E-state index contributed by atoms with van der Waals surface area (Å²) in [6.45, 7) is 1.82. The molecule has 0 aromatic carbocycles.